The van der Waals surface area contributed by atoms with Crippen molar-refractivity contribution in [3.05, 3.63) is 59.7 Å². The highest BCUT2D eigenvalue weighted by atomic mass is 32.1. The number of aromatic nitrogens is 1. The van der Waals surface area contributed by atoms with Crippen LogP contribution < -0.4 is 4.90 Å². The fourth-order valence-electron chi connectivity index (χ4n) is 3.32. The summed E-state index contributed by atoms with van der Waals surface area (Å²) in [4.78, 5) is 21.6. The fourth-order valence-corrected chi connectivity index (χ4v) is 4.31. The Hall–Kier alpha value is -2.42. The van der Waals surface area contributed by atoms with E-state index in [0.717, 1.165) is 61.6 Å². The number of thiazole rings is 1. The zero-order chi connectivity index (χ0) is 20.2. The van der Waals surface area contributed by atoms with Gasteiger partial charge in [0, 0.05) is 31.7 Å². The average molecular weight is 417 g/mol. The van der Waals surface area contributed by atoms with Gasteiger partial charge in [-0.25, -0.2) is 13.8 Å². The Labute approximate surface area is 171 Å². The molecule has 2 heterocycles. The maximum Gasteiger partial charge on any atom is 0.260 e. The number of para-hydroxylation sites is 1. The van der Waals surface area contributed by atoms with Gasteiger partial charge in [-0.1, -0.05) is 23.5 Å². The zero-order valence-electron chi connectivity index (χ0n) is 15.8. The molecule has 1 fully saturated rings. The van der Waals surface area contributed by atoms with Gasteiger partial charge < -0.3 is 4.74 Å². The van der Waals surface area contributed by atoms with Crippen molar-refractivity contribution < 1.29 is 18.3 Å². The van der Waals surface area contributed by atoms with Gasteiger partial charge in [-0.2, -0.15) is 0 Å². The highest BCUT2D eigenvalue weighted by Gasteiger charge is 2.22. The number of amides is 1. The van der Waals surface area contributed by atoms with Crippen molar-refractivity contribution in [1.29, 1.82) is 0 Å². The minimum absolute atomic E-state index is 0.106. The first-order chi connectivity index (χ1) is 14.1. The molecule has 1 aromatic heterocycles. The van der Waals surface area contributed by atoms with E-state index >= 15 is 0 Å². The van der Waals surface area contributed by atoms with Crippen LogP contribution in [0.4, 0.5) is 13.9 Å². The Morgan fingerprint density at radius 2 is 1.93 bits per heavy atom. The molecule has 4 rings (SSSR count). The second-order valence-corrected chi connectivity index (χ2v) is 7.87. The smallest absolute Gasteiger partial charge is 0.260 e. The third-order valence-electron chi connectivity index (χ3n) is 4.88. The minimum Gasteiger partial charge on any atom is -0.379 e. The SMILES string of the molecule is O=C(c1ccc(F)c(F)c1)N(CCCN1CCOCC1)c1nc2ccccc2s1. The summed E-state index contributed by atoms with van der Waals surface area (Å²) in [5.74, 6) is -2.39. The number of nitrogens with zero attached hydrogens (tertiary/aromatic N) is 3. The van der Waals surface area contributed by atoms with Gasteiger partial charge in [-0.3, -0.25) is 14.6 Å². The molecule has 1 aliphatic heterocycles. The molecule has 2 aromatic carbocycles. The summed E-state index contributed by atoms with van der Waals surface area (Å²) in [5.41, 5.74) is 0.915. The van der Waals surface area contributed by atoms with Gasteiger partial charge >= 0.3 is 0 Å². The van der Waals surface area contributed by atoms with Crippen molar-refractivity contribution in [2.24, 2.45) is 0 Å². The first kappa shape index (κ1) is 19.9. The number of hydrogen-bond acceptors (Lipinski definition) is 5. The zero-order valence-corrected chi connectivity index (χ0v) is 16.6. The third kappa shape index (κ3) is 4.60. The Balaban J connectivity index is 1.57. The van der Waals surface area contributed by atoms with Crippen LogP contribution in [0.15, 0.2) is 42.5 Å². The second kappa shape index (κ2) is 8.94. The van der Waals surface area contributed by atoms with Crippen LogP contribution in [0.5, 0.6) is 0 Å². The Kier molecular flexibility index (Phi) is 6.13. The lowest BCUT2D eigenvalue weighted by atomic mass is 10.2. The maximum absolute atomic E-state index is 13.7. The lowest BCUT2D eigenvalue weighted by molar-refractivity contribution is 0.0376. The number of ether oxygens (including phenoxy) is 1. The van der Waals surface area contributed by atoms with E-state index in [1.54, 1.807) is 4.90 Å². The van der Waals surface area contributed by atoms with Crippen molar-refractivity contribution in [3.63, 3.8) is 0 Å². The van der Waals surface area contributed by atoms with Crippen LogP contribution in [0.3, 0.4) is 0 Å². The largest absolute Gasteiger partial charge is 0.379 e. The number of anilines is 1. The molecule has 0 bridgehead atoms. The van der Waals surface area contributed by atoms with E-state index in [4.69, 9.17) is 4.74 Å². The van der Waals surface area contributed by atoms with E-state index in [2.05, 4.69) is 9.88 Å². The lowest BCUT2D eigenvalue weighted by Gasteiger charge is -2.27. The van der Waals surface area contributed by atoms with Crippen LogP contribution in [-0.4, -0.2) is 55.2 Å². The maximum atomic E-state index is 13.7. The molecule has 0 atom stereocenters. The molecule has 1 aliphatic rings. The van der Waals surface area contributed by atoms with Crippen molar-refractivity contribution in [2.75, 3.05) is 44.3 Å². The van der Waals surface area contributed by atoms with E-state index in [1.165, 1.54) is 17.4 Å². The summed E-state index contributed by atoms with van der Waals surface area (Å²) in [6.45, 7) is 4.45. The average Bonchev–Trinajstić information content (AvgIpc) is 3.17. The summed E-state index contributed by atoms with van der Waals surface area (Å²) >= 11 is 1.41. The number of rotatable bonds is 6. The summed E-state index contributed by atoms with van der Waals surface area (Å²) in [6, 6.07) is 10.9. The van der Waals surface area contributed by atoms with Gasteiger partial charge in [-0.15, -0.1) is 0 Å². The quantitative estimate of drug-likeness (QED) is 0.610. The van der Waals surface area contributed by atoms with Crippen LogP contribution in [0, 0.1) is 11.6 Å². The van der Waals surface area contributed by atoms with Gasteiger partial charge in [0.15, 0.2) is 16.8 Å². The van der Waals surface area contributed by atoms with Gasteiger partial charge in [-0.05, 0) is 36.8 Å². The number of hydrogen-bond donors (Lipinski definition) is 0. The van der Waals surface area contributed by atoms with Gasteiger partial charge in [0.05, 0.1) is 23.4 Å². The molecule has 29 heavy (non-hydrogen) atoms. The number of halogens is 2. The predicted octanol–water partition coefficient (Wildman–Crippen LogP) is 3.94. The van der Waals surface area contributed by atoms with Crippen molar-refractivity contribution in [2.45, 2.75) is 6.42 Å². The number of fused-ring (bicyclic) bond motifs is 1. The predicted molar refractivity (Wildman–Crippen MR) is 110 cm³/mol. The molecule has 1 amide bonds. The highest BCUT2D eigenvalue weighted by molar-refractivity contribution is 7.22. The fraction of sp³-hybridized carbons (Fsp3) is 0.333. The molecule has 152 valence electrons. The normalized spacial score (nSPS) is 15.0. The Morgan fingerprint density at radius 3 is 2.69 bits per heavy atom. The number of morpholine rings is 1. The summed E-state index contributed by atoms with van der Waals surface area (Å²) < 4.78 is 33.3. The van der Waals surface area contributed by atoms with E-state index in [9.17, 15) is 13.6 Å². The number of carbonyl (C=O) groups excluding carboxylic acids is 1. The molecular weight excluding hydrogens is 396 g/mol. The molecule has 0 aliphatic carbocycles. The number of carbonyl (C=O) groups is 1. The van der Waals surface area contributed by atoms with Crippen LogP contribution in [0.2, 0.25) is 0 Å². The summed E-state index contributed by atoms with van der Waals surface area (Å²) in [5, 5.41) is 0.558. The van der Waals surface area contributed by atoms with Crippen LogP contribution >= 0.6 is 11.3 Å². The van der Waals surface area contributed by atoms with E-state index in [1.807, 2.05) is 24.3 Å². The standard InChI is InChI=1S/C21H21F2N3O2S/c22-16-7-6-15(14-17(16)23)20(27)26(9-3-8-25-10-12-28-13-11-25)21-24-18-4-1-2-5-19(18)29-21/h1-2,4-7,14H,3,8-13H2. The molecule has 0 unspecified atom stereocenters. The van der Waals surface area contributed by atoms with Crippen LogP contribution in [0.25, 0.3) is 10.2 Å². The summed E-state index contributed by atoms with van der Waals surface area (Å²) in [7, 11) is 0. The Bertz CT molecular complexity index is 972. The molecule has 0 N–H and O–H groups in total. The topological polar surface area (TPSA) is 45.7 Å². The van der Waals surface area contributed by atoms with Crippen LogP contribution in [0.1, 0.15) is 16.8 Å². The molecule has 0 saturated carbocycles. The van der Waals surface area contributed by atoms with E-state index < -0.39 is 11.6 Å². The van der Waals surface area contributed by atoms with Crippen molar-refractivity contribution in [1.82, 2.24) is 9.88 Å². The van der Waals surface area contributed by atoms with Crippen LogP contribution in [-0.2, 0) is 4.74 Å². The second-order valence-electron chi connectivity index (χ2n) is 6.86. The molecule has 3 aromatic rings. The monoisotopic (exact) mass is 417 g/mol. The molecule has 0 spiro atoms. The van der Waals surface area contributed by atoms with Crippen molar-refractivity contribution in [3.8, 4) is 0 Å². The molecule has 1 saturated heterocycles. The van der Waals surface area contributed by atoms with E-state index in [-0.39, 0.29) is 11.5 Å². The molecular formula is C21H21F2N3O2S. The number of benzene rings is 2. The highest BCUT2D eigenvalue weighted by Crippen LogP contribution is 2.30. The molecule has 0 radical (unpaired) electrons. The van der Waals surface area contributed by atoms with Gasteiger partial charge in [0.25, 0.3) is 5.91 Å². The van der Waals surface area contributed by atoms with Gasteiger partial charge in [0.1, 0.15) is 0 Å². The minimum atomic E-state index is -1.03. The third-order valence-corrected chi connectivity index (χ3v) is 5.94. The lowest BCUT2D eigenvalue weighted by Crippen LogP contribution is -2.39. The first-order valence-electron chi connectivity index (χ1n) is 9.54. The molecule has 8 heteroatoms. The first-order valence-corrected chi connectivity index (χ1v) is 10.4. The van der Waals surface area contributed by atoms with Crippen molar-refractivity contribution >= 4 is 32.6 Å². The van der Waals surface area contributed by atoms with Gasteiger partial charge in [0.2, 0.25) is 0 Å². The molecule has 5 nitrogen and oxygen atoms in total. The van der Waals surface area contributed by atoms with E-state index in [0.29, 0.717) is 11.7 Å². The Morgan fingerprint density at radius 1 is 1.14 bits per heavy atom. The summed E-state index contributed by atoms with van der Waals surface area (Å²) in [6.07, 6.45) is 0.741.